The number of nitrogens with one attached hydrogen (secondary N) is 1. The summed E-state index contributed by atoms with van der Waals surface area (Å²) in [6.07, 6.45) is 2.01. The maximum absolute atomic E-state index is 15.1. The van der Waals surface area contributed by atoms with E-state index in [2.05, 4.69) is 47.8 Å². The van der Waals surface area contributed by atoms with Crippen LogP contribution in [0, 0.1) is 0 Å². The summed E-state index contributed by atoms with van der Waals surface area (Å²) in [5.41, 5.74) is 0.466. The molecule has 3 aliphatic heterocycles. The van der Waals surface area contributed by atoms with E-state index < -0.39 is 5.67 Å². The zero-order valence-electron chi connectivity index (χ0n) is 21.7. The van der Waals surface area contributed by atoms with Crippen molar-refractivity contribution in [3.05, 3.63) is 23.5 Å². The molecule has 4 rings (SSSR count). The van der Waals surface area contributed by atoms with Gasteiger partial charge in [-0.05, 0) is 33.3 Å². The Morgan fingerprint density at radius 2 is 2.12 bits per heavy atom. The van der Waals surface area contributed by atoms with Crippen LogP contribution in [0.5, 0.6) is 0 Å². The molecule has 4 atom stereocenters. The second kappa shape index (κ2) is 9.80. The summed E-state index contributed by atoms with van der Waals surface area (Å²) in [7, 11) is 0. The third kappa shape index (κ3) is 5.15. The summed E-state index contributed by atoms with van der Waals surface area (Å²) < 4.78 is 20.7. The number of anilines is 1. The number of rotatable bonds is 6. The first-order valence-corrected chi connectivity index (χ1v) is 12.8. The maximum atomic E-state index is 15.1. The monoisotopic (exact) mass is 475 g/mol. The topological polar surface area (TPSA) is 60.9 Å². The Morgan fingerprint density at radius 1 is 1.35 bits per heavy atom. The van der Waals surface area contributed by atoms with E-state index in [0.717, 1.165) is 50.8 Å². The van der Waals surface area contributed by atoms with Crippen molar-refractivity contribution in [1.29, 1.82) is 0 Å². The van der Waals surface area contributed by atoms with Crippen LogP contribution >= 0.6 is 0 Å². The molecule has 0 aromatic carbocycles. The summed E-state index contributed by atoms with van der Waals surface area (Å²) in [6.45, 7) is 18.0. The molecule has 2 saturated heterocycles. The molecule has 3 aliphatic rings. The predicted octanol–water partition coefficient (Wildman–Crippen LogP) is 2.68. The summed E-state index contributed by atoms with van der Waals surface area (Å²) in [5, 5.41) is 3.59. The number of alkyl halides is 1. The van der Waals surface area contributed by atoms with E-state index >= 15 is 4.39 Å². The van der Waals surface area contributed by atoms with Gasteiger partial charge in [0.05, 0.1) is 31.1 Å². The van der Waals surface area contributed by atoms with Gasteiger partial charge < -0.3 is 15.0 Å². The summed E-state index contributed by atoms with van der Waals surface area (Å²) in [6, 6.07) is 2.83. The molecule has 1 aromatic heterocycles. The van der Waals surface area contributed by atoms with Crippen molar-refractivity contribution in [2.75, 3.05) is 57.4 Å². The molecule has 34 heavy (non-hydrogen) atoms. The minimum atomic E-state index is -1.46. The van der Waals surface area contributed by atoms with Crippen molar-refractivity contribution in [2.24, 2.45) is 0 Å². The zero-order chi connectivity index (χ0) is 24.7. The molecule has 1 aromatic rings. The van der Waals surface area contributed by atoms with E-state index in [1.807, 2.05) is 17.9 Å². The van der Waals surface area contributed by atoms with Gasteiger partial charge in [0.1, 0.15) is 5.67 Å². The maximum Gasteiger partial charge on any atom is 0.241 e. The van der Waals surface area contributed by atoms with E-state index in [1.54, 1.807) is 13.1 Å². The number of piperazine rings is 1. The number of pyridine rings is 1. The minimum absolute atomic E-state index is 0.0666. The highest BCUT2D eigenvalue weighted by Crippen LogP contribution is 2.42. The SMILES string of the molecule is CCC(C)(F)c1cnc2c(c1)N(C(=O)CN1C[C@@H](C)NC[C@@H]1CN1CCOC[C@H]1C)CC2(C)C. The van der Waals surface area contributed by atoms with E-state index in [9.17, 15) is 4.79 Å². The highest BCUT2D eigenvalue weighted by Gasteiger charge is 2.42. The third-order valence-electron chi connectivity index (χ3n) is 7.94. The molecule has 2 fully saturated rings. The Morgan fingerprint density at radius 3 is 2.82 bits per heavy atom. The lowest BCUT2D eigenvalue weighted by molar-refractivity contribution is -0.121. The Balaban J connectivity index is 1.53. The molecule has 1 amide bonds. The van der Waals surface area contributed by atoms with Crippen LogP contribution in [0.25, 0.3) is 0 Å². The average Bonchev–Trinajstić information content (AvgIpc) is 3.07. The van der Waals surface area contributed by atoms with Gasteiger partial charge in [-0.25, -0.2) is 4.39 Å². The van der Waals surface area contributed by atoms with Crippen LogP contribution in [-0.4, -0.2) is 91.3 Å². The molecule has 8 heteroatoms. The number of amides is 1. The minimum Gasteiger partial charge on any atom is -0.379 e. The fraction of sp³-hybridized carbons (Fsp3) is 0.769. The quantitative estimate of drug-likeness (QED) is 0.683. The predicted molar refractivity (Wildman–Crippen MR) is 133 cm³/mol. The Bertz CT molecular complexity index is 892. The lowest BCUT2D eigenvalue weighted by Crippen LogP contribution is -2.62. The number of ether oxygens (including phenoxy) is 1. The molecule has 0 saturated carbocycles. The van der Waals surface area contributed by atoms with Gasteiger partial charge in [-0.1, -0.05) is 20.8 Å². The van der Waals surface area contributed by atoms with Crippen LogP contribution in [0.2, 0.25) is 0 Å². The van der Waals surface area contributed by atoms with Gasteiger partial charge in [0.25, 0.3) is 0 Å². The summed E-state index contributed by atoms with van der Waals surface area (Å²) >= 11 is 0. The molecule has 0 bridgehead atoms. The number of carbonyl (C=O) groups excluding carboxylic acids is 1. The van der Waals surface area contributed by atoms with Crippen LogP contribution in [0.4, 0.5) is 10.1 Å². The molecule has 0 aliphatic carbocycles. The zero-order valence-corrected chi connectivity index (χ0v) is 21.7. The van der Waals surface area contributed by atoms with Gasteiger partial charge in [0.2, 0.25) is 5.91 Å². The van der Waals surface area contributed by atoms with Crippen LogP contribution in [0.3, 0.4) is 0 Å². The standard InChI is InChI=1S/C26H42FN5O2/c1-7-26(6,27)20-10-22-24(29-11-20)25(4,5)17-32(22)23(33)15-31-13-18(2)28-12-21(31)14-30-8-9-34-16-19(30)3/h10-11,18-19,21,28H,7-9,12-17H2,1-6H3/t18-,19-,21-,26?/m1/s1. The number of hydrogen-bond acceptors (Lipinski definition) is 6. The van der Waals surface area contributed by atoms with Crippen LogP contribution in [-0.2, 0) is 20.6 Å². The lowest BCUT2D eigenvalue weighted by Gasteiger charge is -2.43. The molecule has 1 unspecified atom stereocenters. The second-order valence-corrected chi connectivity index (χ2v) is 11.3. The van der Waals surface area contributed by atoms with Crippen LogP contribution in [0.15, 0.2) is 12.3 Å². The van der Waals surface area contributed by atoms with Crippen molar-refractivity contribution < 1.29 is 13.9 Å². The number of morpholine rings is 1. The number of fused-ring (bicyclic) bond motifs is 1. The number of hydrogen-bond donors (Lipinski definition) is 1. The average molecular weight is 476 g/mol. The van der Waals surface area contributed by atoms with Crippen molar-refractivity contribution in [3.8, 4) is 0 Å². The summed E-state index contributed by atoms with van der Waals surface area (Å²) in [4.78, 5) is 25.0. The molecule has 0 radical (unpaired) electrons. The van der Waals surface area contributed by atoms with Gasteiger partial charge in [0.15, 0.2) is 0 Å². The molecule has 7 nitrogen and oxygen atoms in total. The molecule has 1 N–H and O–H groups in total. The van der Waals surface area contributed by atoms with E-state index in [0.29, 0.717) is 37.2 Å². The van der Waals surface area contributed by atoms with Crippen molar-refractivity contribution in [2.45, 2.75) is 77.2 Å². The first kappa shape index (κ1) is 25.5. The number of carbonyl (C=O) groups is 1. The van der Waals surface area contributed by atoms with Gasteiger partial charge >= 0.3 is 0 Å². The van der Waals surface area contributed by atoms with Gasteiger partial charge in [-0.15, -0.1) is 0 Å². The number of nitrogens with zero attached hydrogens (tertiary/aromatic N) is 4. The normalized spacial score (nSPS) is 29.6. The molecular weight excluding hydrogens is 433 g/mol. The molecule has 4 heterocycles. The summed E-state index contributed by atoms with van der Waals surface area (Å²) in [5.74, 6) is 0.0666. The third-order valence-corrected chi connectivity index (χ3v) is 7.94. The lowest BCUT2D eigenvalue weighted by atomic mass is 9.90. The molecule has 0 spiro atoms. The van der Waals surface area contributed by atoms with Gasteiger partial charge in [-0.3, -0.25) is 19.6 Å². The van der Waals surface area contributed by atoms with Gasteiger partial charge in [-0.2, -0.15) is 0 Å². The van der Waals surface area contributed by atoms with Crippen molar-refractivity contribution >= 4 is 11.6 Å². The molecular formula is C26H42FN5O2. The second-order valence-electron chi connectivity index (χ2n) is 11.3. The van der Waals surface area contributed by atoms with Crippen molar-refractivity contribution in [1.82, 2.24) is 20.1 Å². The Hall–Kier alpha value is -1.61. The van der Waals surface area contributed by atoms with E-state index in [-0.39, 0.29) is 17.4 Å². The highest BCUT2D eigenvalue weighted by atomic mass is 19.1. The van der Waals surface area contributed by atoms with E-state index in [1.165, 1.54) is 0 Å². The number of aromatic nitrogens is 1. The Kier molecular flexibility index (Phi) is 7.34. The first-order valence-electron chi connectivity index (χ1n) is 12.8. The fourth-order valence-corrected chi connectivity index (χ4v) is 5.42. The fourth-order valence-electron chi connectivity index (χ4n) is 5.42. The van der Waals surface area contributed by atoms with Gasteiger partial charge in [0, 0.05) is 68.0 Å². The van der Waals surface area contributed by atoms with Crippen molar-refractivity contribution in [3.63, 3.8) is 0 Å². The molecule has 190 valence electrons. The highest BCUT2D eigenvalue weighted by molar-refractivity contribution is 5.97. The first-order chi connectivity index (χ1) is 16.0. The van der Waals surface area contributed by atoms with E-state index in [4.69, 9.17) is 4.74 Å². The van der Waals surface area contributed by atoms with Crippen LogP contribution < -0.4 is 10.2 Å². The smallest absolute Gasteiger partial charge is 0.241 e. The van der Waals surface area contributed by atoms with Crippen LogP contribution in [0.1, 0.15) is 59.2 Å². The number of halogens is 1. The Labute approximate surface area is 204 Å². The largest absolute Gasteiger partial charge is 0.379 e.